The highest BCUT2D eigenvalue weighted by Gasteiger charge is 2.07. The van der Waals surface area contributed by atoms with Crippen LogP contribution in [0.4, 0.5) is 9.18 Å². The lowest BCUT2D eigenvalue weighted by molar-refractivity contribution is 0.115. The third-order valence-electron chi connectivity index (χ3n) is 1.77. The highest BCUT2D eigenvalue weighted by atomic mass is 79.9. The predicted octanol–water partition coefficient (Wildman–Crippen LogP) is 3.22. The van der Waals surface area contributed by atoms with E-state index in [2.05, 4.69) is 21.2 Å². The Morgan fingerprint density at radius 3 is 2.88 bits per heavy atom. The molecule has 0 aliphatic carbocycles. The average molecular weight is 290 g/mol. The summed E-state index contributed by atoms with van der Waals surface area (Å²) in [5.74, 6) is -0.354. The molecule has 3 nitrogen and oxygen atoms in total. The smallest absolute Gasteiger partial charge is 0.407 e. The molecule has 0 saturated carbocycles. The zero-order valence-electron chi connectivity index (χ0n) is 9.09. The molecule has 16 heavy (non-hydrogen) atoms. The second-order valence-electron chi connectivity index (χ2n) is 3.54. The van der Waals surface area contributed by atoms with Crippen LogP contribution >= 0.6 is 15.9 Å². The average Bonchev–Trinajstić information content (AvgIpc) is 2.18. The number of hydrogen-bond acceptors (Lipinski definition) is 2. The summed E-state index contributed by atoms with van der Waals surface area (Å²) >= 11 is 3.23. The van der Waals surface area contributed by atoms with Gasteiger partial charge in [-0.05, 0) is 32.0 Å². The van der Waals surface area contributed by atoms with Crippen LogP contribution in [0.1, 0.15) is 19.4 Å². The lowest BCUT2D eigenvalue weighted by Gasteiger charge is -2.10. The standard InChI is InChI=1S/C11H13BrFNO2/c1-7(2)16-11(15)14-6-8-5-9(12)3-4-10(8)13/h3-5,7H,6H2,1-2H3,(H,14,15). The number of halogens is 2. The molecule has 0 unspecified atom stereocenters. The van der Waals surface area contributed by atoms with E-state index in [0.29, 0.717) is 5.56 Å². The van der Waals surface area contributed by atoms with E-state index in [9.17, 15) is 9.18 Å². The Labute approximate surface area is 102 Å². The van der Waals surface area contributed by atoms with Crippen LogP contribution in [0.15, 0.2) is 22.7 Å². The molecule has 0 bridgehead atoms. The van der Waals surface area contributed by atoms with Gasteiger partial charge in [-0.25, -0.2) is 9.18 Å². The molecule has 0 aromatic heterocycles. The van der Waals surface area contributed by atoms with Crippen molar-refractivity contribution < 1.29 is 13.9 Å². The maximum absolute atomic E-state index is 13.3. The number of carbonyl (C=O) groups is 1. The topological polar surface area (TPSA) is 38.3 Å². The van der Waals surface area contributed by atoms with Gasteiger partial charge >= 0.3 is 6.09 Å². The van der Waals surface area contributed by atoms with Gasteiger partial charge in [0.05, 0.1) is 6.10 Å². The second-order valence-corrected chi connectivity index (χ2v) is 4.46. The normalized spacial score (nSPS) is 10.3. The number of alkyl carbamates (subject to hydrolysis) is 1. The van der Waals surface area contributed by atoms with E-state index < -0.39 is 6.09 Å². The van der Waals surface area contributed by atoms with Crippen LogP contribution in [0.25, 0.3) is 0 Å². The van der Waals surface area contributed by atoms with Crippen LogP contribution in [-0.4, -0.2) is 12.2 Å². The Hall–Kier alpha value is -1.10. The molecule has 1 rings (SSSR count). The monoisotopic (exact) mass is 289 g/mol. The Morgan fingerprint density at radius 2 is 2.25 bits per heavy atom. The van der Waals surface area contributed by atoms with Crippen LogP contribution in [0.3, 0.4) is 0 Å². The quantitative estimate of drug-likeness (QED) is 0.928. The highest BCUT2D eigenvalue weighted by Crippen LogP contribution is 2.15. The summed E-state index contributed by atoms with van der Waals surface area (Å²) < 4.78 is 18.9. The number of rotatable bonds is 3. The predicted molar refractivity (Wildman–Crippen MR) is 62.6 cm³/mol. The first-order valence-corrected chi connectivity index (χ1v) is 5.66. The minimum absolute atomic E-state index is 0.108. The molecule has 88 valence electrons. The van der Waals surface area contributed by atoms with Crippen molar-refractivity contribution in [1.29, 1.82) is 0 Å². The fourth-order valence-corrected chi connectivity index (χ4v) is 1.51. The molecule has 1 aromatic carbocycles. The van der Waals surface area contributed by atoms with Gasteiger partial charge in [-0.15, -0.1) is 0 Å². The minimum Gasteiger partial charge on any atom is -0.447 e. The first kappa shape index (κ1) is 13.0. The number of amides is 1. The third kappa shape index (κ3) is 4.18. The fraction of sp³-hybridized carbons (Fsp3) is 0.364. The van der Waals surface area contributed by atoms with Crippen molar-refractivity contribution in [3.63, 3.8) is 0 Å². The molecule has 0 aliphatic rings. The van der Waals surface area contributed by atoms with Crippen molar-refractivity contribution >= 4 is 22.0 Å². The molecule has 0 fully saturated rings. The van der Waals surface area contributed by atoms with Gasteiger partial charge in [0.1, 0.15) is 5.82 Å². The van der Waals surface area contributed by atoms with E-state index in [1.807, 2.05) is 0 Å². The summed E-state index contributed by atoms with van der Waals surface area (Å²) in [6.45, 7) is 3.61. The van der Waals surface area contributed by atoms with Crippen LogP contribution in [0.5, 0.6) is 0 Å². The van der Waals surface area contributed by atoms with E-state index in [1.54, 1.807) is 26.0 Å². The molecule has 0 spiro atoms. The van der Waals surface area contributed by atoms with Gasteiger partial charge in [-0.2, -0.15) is 0 Å². The molecular formula is C11H13BrFNO2. The maximum Gasteiger partial charge on any atom is 0.407 e. The zero-order valence-corrected chi connectivity index (χ0v) is 10.7. The Bertz CT molecular complexity index is 382. The first-order valence-electron chi connectivity index (χ1n) is 4.87. The van der Waals surface area contributed by atoms with E-state index >= 15 is 0 Å². The van der Waals surface area contributed by atoms with Crippen LogP contribution < -0.4 is 5.32 Å². The van der Waals surface area contributed by atoms with Crippen LogP contribution in [0.2, 0.25) is 0 Å². The molecule has 0 saturated heterocycles. The summed E-state index contributed by atoms with van der Waals surface area (Å²) in [6, 6.07) is 4.56. The summed E-state index contributed by atoms with van der Waals surface area (Å²) in [7, 11) is 0. The van der Waals surface area contributed by atoms with Gasteiger partial charge in [-0.1, -0.05) is 15.9 Å². The number of nitrogens with one attached hydrogen (secondary N) is 1. The summed E-state index contributed by atoms with van der Waals surface area (Å²) in [4.78, 5) is 11.2. The van der Waals surface area contributed by atoms with Gasteiger partial charge in [0.2, 0.25) is 0 Å². The van der Waals surface area contributed by atoms with Crippen molar-refractivity contribution in [3.05, 3.63) is 34.1 Å². The van der Waals surface area contributed by atoms with Crippen molar-refractivity contribution in [2.24, 2.45) is 0 Å². The van der Waals surface area contributed by atoms with Gasteiger partial charge < -0.3 is 10.1 Å². The summed E-state index contributed by atoms with van der Waals surface area (Å²) in [5.41, 5.74) is 0.412. The van der Waals surface area contributed by atoms with Gasteiger partial charge in [0.25, 0.3) is 0 Å². The van der Waals surface area contributed by atoms with Crippen LogP contribution in [0, 0.1) is 5.82 Å². The summed E-state index contributed by atoms with van der Waals surface area (Å²) in [5, 5.41) is 2.48. The molecule has 1 N–H and O–H groups in total. The summed E-state index contributed by atoms with van der Waals surface area (Å²) in [6.07, 6.45) is -0.735. The Balaban J connectivity index is 2.54. The lowest BCUT2D eigenvalue weighted by Crippen LogP contribution is -2.26. The molecule has 0 heterocycles. The van der Waals surface area contributed by atoms with E-state index in [0.717, 1.165) is 4.47 Å². The Kier molecular flexibility index (Phi) is 4.73. The number of carbonyl (C=O) groups excluding carboxylic acids is 1. The van der Waals surface area contributed by atoms with Crippen molar-refractivity contribution in [2.45, 2.75) is 26.5 Å². The number of hydrogen-bond donors (Lipinski definition) is 1. The molecular weight excluding hydrogens is 277 g/mol. The fourth-order valence-electron chi connectivity index (χ4n) is 1.10. The maximum atomic E-state index is 13.3. The number of benzene rings is 1. The Morgan fingerprint density at radius 1 is 1.56 bits per heavy atom. The van der Waals surface area contributed by atoms with Crippen LogP contribution in [-0.2, 0) is 11.3 Å². The van der Waals surface area contributed by atoms with Crippen molar-refractivity contribution in [1.82, 2.24) is 5.32 Å². The SMILES string of the molecule is CC(C)OC(=O)NCc1cc(Br)ccc1F. The van der Waals surface area contributed by atoms with E-state index in [1.165, 1.54) is 6.07 Å². The molecule has 0 aliphatic heterocycles. The second kappa shape index (κ2) is 5.84. The van der Waals surface area contributed by atoms with Gasteiger partial charge in [0.15, 0.2) is 0 Å². The van der Waals surface area contributed by atoms with Gasteiger partial charge in [-0.3, -0.25) is 0 Å². The molecule has 1 amide bonds. The molecule has 1 aromatic rings. The van der Waals surface area contributed by atoms with Gasteiger partial charge in [0, 0.05) is 16.6 Å². The highest BCUT2D eigenvalue weighted by molar-refractivity contribution is 9.10. The third-order valence-corrected chi connectivity index (χ3v) is 2.27. The lowest BCUT2D eigenvalue weighted by atomic mass is 10.2. The minimum atomic E-state index is -0.547. The van der Waals surface area contributed by atoms with Crippen molar-refractivity contribution in [3.8, 4) is 0 Å². The molecule has 5 heteroatoms. The van der Waals surface area contributed by atoms with E-state index in [-0.39, 0.29) is 18.5 Å². The first-order chi connectivity index (χ1) is 7.49. The van der Waals surface area contributed by atoms with E-state index in [4.69, 9.17) is 4.74 Å². The zero-order chi connectivity index (χ0) is 12.1. The number of ether oxygens (including phenoxy) is 1. The van der Waals surface area contributed by atoms with Crippen molar-refractivity contribution in [2.75, 3.05) is 0 Å². The molecule has 0 atom stereocenters. The molecule has 0 radical (unpaired) electrons. The largest absolute Gasteiger partial charge is 0.447 e.